The van der Waals surface area contributed by atoms with Gasteiger partial charge in [0.1, 0.15) is 17.6 Å². The van der Waals surface area contributed by atoms with Gasteiger partial charge in [0.2, 0.25) is 0 Å². The highest BCUT2D eigenvalue weighted by molar-refractivity contribution is 5.94. The number of ether oxygens (including phenoxy) is 4. The number of hydrogen-bond donors (Lipinski definition) is 1. The van der Waals surface area contributed by atoms with Gasteiger partial charge in [0.05, 0.1) is 13.7 Å². The number of carbonyl (C=O) groups is 2. The van der Waals surface area contributed by atoms with Crippen molar-refractivity contribution in [3.63, 3.8) is 0 Å². The van der Waals surface area contributed by atoms with Crippen LogP contribution in [0.5, 0.6) is 23.0 Å². The summed E-state index contributed by atoms with van der Waals surface area (Å²) in [7, 11) is 1.48. The Morgan fingerprint density at radius 3 is 2.63 bits per heavy atom. The van der Waals surface area contributed by atoms with Crippen LogP contribution in [0.15, 0.2) is 30.3 Å². The highest BCUT2D eigenvalue weighted by Gasteiger charge is 2.22. The number of fused-ring (bicyclic) bond motifs is 1. The number of rotatable bonds is 9. The van der Waals surface area contributed by atoms with Gasteiger partial charge in [-0.15, -0.1) is 0 Å². The summed E-state index contributed by atoms with van der Waals surface area (Å²) in [6, 6.07) is 8.76. The van der Waals surface area contributed by atoms with Gasteiger partial charge in [0.25, 0.3) is 5.91 Å². The third kappa shape index (κ3) is 5.03. The highest BCUT2D eigenvalue weighted by Crippen LogP contribution is 2.35. The molecule has 0 bridgehead atoms. The van der Waals surface area contributed by atoms with E-state index in [-0.39, 0.29) is 24.4 Å². The molecule has 1 aliphatic heterocycles. The summed E-state index contributed by atoms with van der Waals surface area (Å²) in [5, 5.41) is 2.84. The maximum Gasteiger partial charge on any atom is 0.258 e. The van der Waals surface area contributed by atoms with E-state index in [1.807, 2.05) is 26.0 Å². The Balaban J connectivity index is 1.61. The fourth-order valence-corrected chi connectivity index (χ4v) is 3.30. The molecule has 0 aliphatic carbocycles. The second-order valence-corrected chi connectivity index (χ2v) is 7.12. The van der Waals surface area contributed by atoms with Crippen LogP contribution in [0.3, 0.4) is 0 Å². The van der Waals surface area contributed by atoms with Crippen molar-refractivity contribution < 1.29 is 28.5 Å². The van der Waals surface area contributed by atoms with E-state index in [4.69, 9.17) is 18.9 Å². The SMILES string of the molecule is CCOc1cc2c(cc1CNC(=O)COc1ccc(C(C)=O)cc1OC)OC(C)C2. The van der Waals surface area contributed by atoms with E-state index in [1.165, 1.54) is 14.0 Å². The van der Waals surface area contributed by atoms with Crippen molar-refractivity contribution in [1.82, 2.24) is 5.32 Å². The molecule has 1 atom stereocenters. The van der Waals surface area contributed by atoms with E-state index >= 15 is 0 Å². The lowest BCUT2D eigenvalue weighted by atomic mass is 10.1. The molecule has 3 rings (SSSR count). The lowest BCUT2D eigenvalue weighted by molar-refractivity contribution is -0.123. The average Bonchev–Trinajstić information content (AvgIpc) is 3.09. The van der Waals surface area contributed by atoms with Crippen molar-refractivity contribution >= 4 is 11.7 Å². The number of ketones is 1. The zero-order valence-corrected chi connectivity index (χ0v) is 17.7. The Kier molecular flexibility index (Phi) is 6.82. The fourth-order valence-electron chi connectivity index (χ4n) is 3.30. The standard InChI is InChI=1S/C23H27NO6/c1-5-28-20-10-17-8-14(2)30-21(17)11-18(20)12-24-23(26)13-29-19-7-6-16(15(3)25)9-22(19)27-4/h6-7,9-11,14H,5,8,12-13H2,1-4H3,(H,24,26). The van der Waals surface area contributed by atoms with Crippen molar-refractivity contribution in [2.24, 2.45) is 0 Å². The summed E-state index contributed by atoms with van der Waals surface area (Å²) < 4.78 is 22.4. The average molecular weight is 413 g/mol. The quantitative estimate of drug-likeness (QED) is 0.635. The second kappa shape index (κ2) is 9.52. The molecule has 0 radical (unpaired) electrons. The summed E-state index contributed by atoms with van der Waals surface area (Å²) in [6.45, 7) is 6.07. The number of nitrogens with one attached hydrogen (secondary N) is 1. The van der Waals surface area contributed by atoms with E-state index in [1.54, 1.807) is 18.2 Å². The minimum absolute atomic E-state index is 0.0737. The molecule has 7 nitrogen and oxygen atoms in total. The van der Waals surface area contributed by atoms with E-state index in [2.05, 4.69) is 5.32 Å². The molecule has 7 heteroatoms. The number of Topliss-reactive ketones (excluding diaryl/α,β-unsaturated/α-hetero) is 1. The minimum Gasteiger partial charge on any atom is -0.494 e. The number of methoxy groups -OCH3 is 1. The summed E-state index contributed by atoms with van der Waals surface area (Å²) >= 11 is 0. The van der Waals surface area contributed by atoms with Gasteiger partial charge in [0.15, 0.2) is 23.9 Å². The smallest absolute Gasteiger partial charge is 0.258 e. The van der Waals surface area contributed by atoms with Gasteiger partial charge in [-0.3, -0.25) is 9.59 Å². The van der Waals surface area contributed by atoms with Gasteiger partial charge in [-0.05, 0) is 51.1 Å². The predicted octanol–water partition coefficient (Wildman–Crippen LogP) is 3.32. The molecule has 1 N–H and O–H groups in total. The molecule has 1 unspecified atom stereocenters. The first-order chi connectivity index (χ1) is 14.4. The molecular weight excluding hydrogens is 386 g/mol. The first-order valence-corrected chi connectivity index (χ1v) is 9.95. The van der Waals surface area contributed by atoms with Crippen molar-refractivity contribution in [1.29, 1.82) is 0 Å². The van der Waals surface area contributed by atoms with Crippen LogP contribution in [-0.4, -0.2) is 38.1 Å². The van der Waals surface area contributed by atoms with E-state index in [0.717, 1.165) is 29.0 Å². The summed E-state index contributed by atoms with van der Waals surface area (Å²) in [6.07, 6.45) is 0.984. The van der Waals surface area contributed by atoms with Gasteiger partial charge >= 0.3 is 0 Å². The van der Waals surface area contributed by atoms with Crippen molar-refractivity contribution in [3.05, 3.63) is 47.0 Å². The molecule has 30 heavy (non-hydrogen) atoms. The van der Waals surface area contributed by atoms with Crippen LogP contribution < -0.4 is 24.3 Å². The number of hydrogen-bond acceptors (Lipinski definition) is 6. The van der Waals surface area contributed by atoms with Crippen LogP contribution in [0.25, 0.3) is 0 Å². The molecule has 2 aromatic carbocycles. The molecule has 0 saturated heterocycles. The number of benzene rings is 2. The molecule has 0 saturated carbocycles. The first-order valence-electron chi connectivity index (χ1n) is 9.95. The minimum atomic E-state index is -0.287. The second-order valence-electron chi connectivity index (χ2n) is 7.12. The van der Waals surface area contributed by atoms with E-state index < -0.39 is 0 Å². The molecule has 0 spiro atoms. The maximum atomic E-state index is 12.3. The third-order valence-corrected chi connectivity index (χ3v) is 4.78. The number of amides is 1. The predicted molar refractivity (Wildman–Crippen MR) is 112 cm³/mol. The molecule has 0 aromatic heterocycles. The van der Waals surface area contributed by atoms with Crippen molar-refractivity contribution in [2.45, 2.75) is 39.8 Å². The van der Waals surface area contributed by atoms with Crippen LogP contribution in [-0.2, 0) is 17.8 Å². The molecular formula is C23H27NO6. The van der Waals surface area contributed by atoms with Crippen LogP contribution in [0.1, 0.15) is 42.3 Å². The zero-order chi connectivity index (χ0) is 21.7. The normalized spacial score (nSPS) is 14.5. The molecule has 0 fully saturated rings. The first kappa shape index (κ1) is 21.5. The molecule has 1 amide bonds. The van der Waals surface area contributed by atoms with Crippen LogP contribution in [0.4, 0.5) is 0 Å². The molecule has 2 aromatic rings. The van der Waals surface area contributed by atoms with Crippen molar-refractivity contribution in [3.8, 4) is 23.0 Å². The van der Waals surface area contributed by atoms with Gasteiger partial charge in [-0.1, -0.05) is 0 Å². The van der Waals surface area contributed by atoms with Gasteiger partial charge < -0.3 is 24.3 Å². The van der Waals surface area contributed by atoms with Gasteiger partial charge in [-0.25, -0.2) is 0 Å². The van der Waals surface area contributed by atoms with Gasteiger partial charge in [0, 0.05) is 29.7 Å². The summed E-state index contributed by atoms with van der Waals surface area (Å²) in [4.78, 5) is 23.8. The van der Waals surface area contributed by atoms with Crippen molar-refractivity contribution in [2.75, 3.05) is 20.3 Å². The van der Waals surface area contributed by atoms with Crippen LogP contribution in [0, 0.1) is 0 Å². The molecule has 160 valence electrons. The third-order valence-electron chi connectivity index (χ3n) is 4.78. The lowest BCUT2D eigenvalue weighted by Gasteiger charge is -2.14. The Morgan fingerprint density at radius 1 is 1.13 bits per heavy atom. The Labute approximate surface area is 176 Å². The summed E-state index contributed by atoms with van der Waals surface area (Å²) in [5.41, 5.74) is 2.48. The molecule has 1 heterocycles. The van der Waals surface area contributed by atoms with E-state index in [9.17, 15) is 9.59 Å². The fraction of sp³-hybridized carbons (Fsp3) is 0.391. The Hall–Kier alpha value is -3.22. The van der Waals surface area contributed by atoms with Crippen LogP contribution in [0.2, 0.25) is 0 Å². The van der Waals surface area contributed by atoms with E-state index in [0.29, 0.717) is 30.2 Å². The van der Waals surface area contributed by atoms with Gasteiger partial charge in [-0.2, -0.15) is 0 Å². The highest BCUT2D eigenvalue weighted by atomic mass is 16.5. The topological polar surface area (TPSA) is 83.1 Å². The largest absolute Gasteiger partial charge is 0.494 e. The maximum absolute atomic E-state index is 12.3. The molecule has 1 aliphatic rings. The summed E-state index contributed by atoms with van der Waals surface area (Å²) in [5.74, 6) is 2.02. The lowest BCUT2D eigenvalue weighted by Crippen LogP contribution is -2.28. The Morgan fingerprint density at radius 2 is 1.93 bits per heavy atom. The van der Waals surface area contributed by atoms with Crippen LogP contribution >= 0.6 is 0 Å². The Bertz CT molecular complexity index is 940. The zero-order valence-electron chi connectivity index (χ0n) is 17.7. The monoisotopic (exact) mass is 413 g/mol. The number of carbonyl (C=O) groups excluding carboxylic acids is 2.